The van der Waals surface area contributed by atoms with Crippen molar-refractivity contribution in [1.29, 1.82) is 0 Å². The van der Waals surface area contributed by atoms with Crippen LogP contribution in [0.1, 0.15) is 58.9 Å². The van der Waals surface area contributed by atoms with Crippen LogP contribution in [-0.2, 0) is 22.4 Å². The molecule has 2 aliphatic rings. The number of thioether (sulfide) groups is 1. The molecular formula is C33H36FN3O5S. The highest BCUT2D eigenvalue weighted by Crippen LogP contribution is 2.41. The first-order chi connectivity index (χ1) is 20.5. The number of carbonyl (C=O) groups excluding carboxylic acids is 3. The number of fused-ring (bicyclic) bond motifs is 1. The maximum atomic E-state index is 13.9. The van der Waals surface area contributed by atoms with Crippen LogP contribution < -0.4 is 10.6 Å². The van der Waals surface area contributed by atoms with Crippen LogP contribution in [0.2, 0.25) is 0 Å². The van der Waals surface area contributed by atoms with Crippen LogP contribution in [0.5, 0.6) is 5.75 Å². The third kappa shape index (κ3) is 6.40. The van der Waals surface area contributed by atoms with Crippen molar-refractivity contribution in [2.45, 2.75) is 69.0 Å². The smallest absolute Gasteiger partial charge is 0.254 e. The van der Waals surface area contributed by atoms with Gasteiger partial charge in [0.15, 0.2) is 6.10 Å². The first-order valence-corrected chi connectivity index (χ1v) is 15.3. The van der Waals surface area contributed by atoms with Gasteiger partial charge in [0.05, 0.1) is 18.0 Å². The molecule has 1 fully saturated rings. The number of nitrogens with zero attached hydrogens (tertiary/aromatic N) is 1. The van der Waals surface area contributed by atoms with Gasteiger partial charge in [0.1, 0.15) is 17.6 Å². The zero-order valence-electron chi connectivity index (χ0n) is 24.3. The molecule has 43 heavy (non-hydrogen) atoms. The molecule has 226 valence electrons. The largest absolute Gasteiger partial charge is 0.508 e. The average Bonchev–Trinajstić information content (AvgIpc) is 3.52. The van der Waals surface area contributed by atoms with Crippen LogP contribution in [0.4, 0.5) is 4.39 Å². The van der Waals surface area contributed by atoms with E-state index in [1.807, 2.05) is 44.2 Å². The van der Waals surface area contributed by atoms with Gasteiger partial charge in [0.25, 0.3) is 11.8 Å². The van der Waals surface area contributed by atoms with Crippen LogP contribution in [-0.4, -0.2) is 61.6 Å². The van der Waals surface area contributed by atoms with Gasteiger partial charge in [-0.05, 0) is 81.0 Å². The Morgan fingerprint density at radius 2 is 1.84 bits per heavy atom. The van der Waals surface area contributed by atoms with Gasteiger partial charge < -0.3 is 25.7 Å². The summed E-state index contributed by atoms with van der Waals surface area (Å²) in [7, 11) is 0. The highest BCUT2D eigenvalue weighted by atomic mass is 32.2. The monoisotopic (exact) mass is 605 g/mol. The van der Waals surface area contributed by atoms with E-state index in [9.17, 15) is 29.0 Å². The van der Waals surface area contributed by atoms with E-state index < -0.39 is 34.7 Å². The predicted octanol–water partition coefficient (Wildman–Crippen LogP) is 4.03. The summed E-state index contributed by atoms with van der Waals surface area (Å²) in [4.78, 5) is 42.4. The number of aryl methyl sites for hydroxylation is 1. The van der Waals surface area contributed by atoms with Crippen LogP contribution in [0.15, 0.2) is 66.7 Å². The van der Waals surface area contributed by atoms with Crippen molar-refractivity contribution < 1.29 is 29.0 Å². The number of aromatic hydroxyl groups is 1. The van der Waals surface area contributed by atoms with Gasteiger partial charge in [-0.3, -0.25) is 14.4 Å². The Morgan fingerprint density at radius 1 is 1.09 bits per heavy atom. The molecule has 1 aliphatic heterocycles. The summed E-state index contributed by atoms with van der Waals surface area (Å²) in [5.74, 6) is -1.73. The minimum absolute atomic E-state index is 0.0379. The van der Waals surface area contributed by atoms with Crippen LogP contribution in [0.3, 0.4) is 0 Å². The van der Waals surface area contributed by atoms with Crippen molar-refractivity contribution >= 4 is 29.5 Å². The Labute approximate surface area is 254 Å². The van der Waals surface area contributed by atoms with Crippen molar-refractivity contribution in [1.82, 2.24) is 15.5 Å². The lowest BCUT2D eigenvalue weighted by molar-refractivity contribution is -0.147. The van der Waals surface area contributed by atoms with Gasteiger partial charge >= 0.3 is 0 Å². The molecule has 5 rings (SSSR count). The summed E-state index contributed by atoms with van der Waals surface area (Å²) in [6, 6.07) is 16.1. The van der Waals surface area contributed by atoms with Crippen LogP contribution in [0, 0.1) is 12.7 Å². The van der Waals surface area contributed by atoms with E-state index in [1.165, 1.54) is 34.9 Å². The maximum absolute atomic E-state index is 13.9. The highest BCUT2D eigenvalue weighted by molar-refractivity contribution is 8.00. The van der Waals surface area contributed by atoms with Crippen molar-refractivity contribution in [2.24, 2.45) is 0 Å². The van der Waals surface area contributed by atoms with Gasteiger partial charge in [-0.15, -0.1) is 11.8 Å². The zero-order chi connectivity index (χ0) is 30.9. The number of amides is 3. The lowest BCUT2D eigenvalue weighted by Crippen LogP contribution is -2.59. The summed E-state index contributed by atoms with van der Waals surface area (Å²) in [5, 5.41) is 27.5. The van der Waals surface area contributed by atoms with Crippen molar-refractivity contribution in [3.05, 3.63) is 100 Å². The Balaban J connectivity index is 1.37. The minimum Gasteiger partial charge on any atom is -0.508 e. The lowest BCUT2D eigenvalue weighted by atomic mass is 9.96. The van der Waals surface area contributed by atoms with Gasteiger partial charge in [-0.1, -0.05) is 42.5 Å². The molecule has 1 heterocycles. The van der Waals surface area contributed by atoms with E-state index in [2.05, 4.69) is 10.6 Å². The second kappa shape index (κ2) is 12.4. The standard InChI is InChI=1S/C33H36FN3O5S/c1-19-23(10-7-11-27(19)38)30(40)36-26(16-20-8-5-4-6-9-20)28(39)32(42)37-18-43-33(2,3)29(37)31(41)35-25-15-12-21-17-22(34)13-14-24(21)25/h4-11,13-14,17,25-26,28-29,38-39H,12,15-16,18H2,1-3H3,(H,35,41)(H,36,40). The van der Waals surface area contributed by atoms with Gasteiger partial charge in [-0.25, -0.2) is 4.39 Å². The Hall–Kier alpha value is -3.89. The van der Waals surface area contributed by atoms with Crippen molar-refractivity contribution in [2.75, 3.05) is 5.88 Å². The van der Waals surface area contributed by atoms with Crippen molar-refractivity contribution in [3.8, 4) is 5.75 Å². The third-order valence-electron chi connectivity index (χ3n) is 8.38. The number of aliphatic hydroxyl groups excluding tert-OH is 1. The number of phenolic OH excluding ortho intramolecular Hbond substituents is 1. The van der Waals surface area contributed by atoms with E-state index in [-0.39, 0.29) is 41.4 Å². The summed E-state index contributed by atoms with van der Waals surface area (Å²) >= 11 is 1.43. The topological polar surface area (TPSA) is 119 Å². The SMILES string of the molecule is Cc1c(O)cccc1C(=O)NC(Cc1ccccc1)C(O)C(=O)N1CSC(C)(C)C1C(=O)NC1CCc2cc(F)ccc21. The number of nitrogens with one attached hydrogen (secondary N) is 2. The fraction of sp³-hybridized carbons (Fsp3) is 0.364. The molecule has 1 saturated heterocycles. The number of phenols is 1. The number of benzene rings is 3. The summed E-state index contributed by atoms with van der Waals surface area (Å²) in [6.45, 7) is 5.38. The molecule has 3 amide bonds. The Bertz CT molecular complexity index is 1530. The molecule has 4 atom stereocenters. The number of rotatable bonds is 8. The zero-order valence-corrected chi connectivity index (χ0v) is 25.2. The molecule has 3 aromatic carbocycles. The molecule has 10 heteroatoms. The second-order valence-electron chi connectivity index (χ2n) is 11.7. The molecule has 0 radical (unpaired) electrons. The molecule has 3 aromatic rings. The second-order valence-corrected chi connectivity index (χ2v) is 13.3. The number of hydrogen-bond acceptors (Lipinski definition) is 6. The quantitative estimate of drug-likeness (QED) is 0.308. The minimum atomic E-state index is -1.65. The molecular weight excluding hydrogens is 569 g/mol. The van der Waals surface area contributed by atoms with Gasteiger partial charge in [0.2, 0.25) is 5.91 Å². The van der Waals surface area contributed by atoms with E-state index in [0.29, 0.717) is 18.4 Å². The number of hydrogen-bond donors (Lipinski definition) is 4. The average molecular weight is 606 g/mol. The Kier molecular flexibility index (Phi) is 8.80. The molecule has 1 aliphatic carbocycles. The number of carbonyl (C=O) groups is 3. The van der Waals surface area contributed by atoms with E-state index >= 15 is 0 Å². The fourth-order valence-electron chi connectivity index (χ4n) is 5.97. The summed E-state index contributed by atoms with van der Waals surface area (Å²) in [6.07, 6.45) is -0.224. The molecule has 4 N–H and O–H groups in total. The number of halogens is 1. The van der Waals surface area contributed by atoms with Crippen molar-refractivity contribution in [3.63, 3.8) is 0 Å². The highest BCUT2D eigenvalue weighted by Gasteiger charge is 2.50. The van der Waals surface area contributed by atoms with E-state index in [1.54, 1.807) is 25.1 Å². The molecule has 0 spiro atoms. The first-order valence-electron chi connectivity index (χ1n) is 14.3. The Morgan fingerprint density at radius 3 is 2.58 bits per heavy atom. The molecule has 0 aromatic heterocycles. The fourth-order valence-corrected chi connectivity index (χ4v) is 7.11. The lowest BCUT2D eigenvalue weighted by Gasteiger charge is -2.34. The molecule has 4 unspecified atom stereocenters. The van der Waals surface area contributed by atoms with E-state index in [0.717, 1.165) is 16.7 Å². The predicted molar refractivity (Wildman–Crippen MR) is 163 cm³/mol. The molecule has 0 saturated carbocycles. The van der Waals surface area contributed by atoms with Gasteiger partial charge in [-0.2, -0.15) is 0 Å². The third-order valence-corrected chi connectivity index (χ3v) is 9.75. The summed E-state index contributed by atoms with van der Waals surface area (Å²) in [5.41, 5.74) is 3.13. The maximum Gasteiger partial charge on any atom is 0.254 e. The summed E-state index contributed by atoms with van der Waals surface area (Å²) < 4.78 is 13.1. The molecule has 8 nitrogen and oxygen atoms in total. The van der Waals surface area contributed by atoms with E-state index in [4.69, 9.17) is 0 Å². The normalized spacial score (nSPS) is 20.3. The first kappa shape index (κ1) is 30.6. The molecule has 0 bridgehead atoms. The van der Waals surface area contributed by atoms with Gasteiger partial charge in [0, 0.05) is 15.9 Å². The van der Waals surface area contributed by atoms with Crippen LogP contribution >= 0.6 is 11.8 Å². The number of aliphatic hydroxyl groups is 1. The van der Waals surface area contributed by atoms with Crippen LogP contribution in [0.25, 0.3) is 0 Å².